The molecule has 0 saturated heterocycles. The van der Waals surface area contributed by atoms with Crippen LogP contribution in [0.4, 0.5) is 5.69 Å². The van der Waals surface area contributed by atoms with Crippen LogP contribution in [0.15, 0.2) is 18.5 Å². The van der Waals surface area contributed by atoms with Crippen LogP contribution in [0.5, 0.6) is 0 Å². The van der Waals surface area contributed by atoms with E-state index in [0.717, 1.165) is 17.9 Å². The van der Waals surface area contributed by atoms with E-state index in [0.29, 0.717) is 0 Å². The third-order valence-electron chi connectivity index (χ3n) is 1.94. The second-order valence-electron chi connectivity index (χ2n) is 2.82. The molecule has 0 amide bonds. The van der Waals surface area contributed by atoms with Crippen molar-refractivity contribution >= 4 is 17.2 Å². The van der Waals surface area contributed by atoms with Gasteiger partial charge in [0.05, 0.1) is 24.1 Å². The van der Waals surface area contributed by atoms with E-state index in [1.54, 1.807) is 12.4 Å². The van der Waals surface area contributed by atoms with Crippen molar-refractivity contribution in [2.45, 2.75) is 13.5 Å². The second kappa shape index (κ2) is 3.18. The number of nitrogens with two attached hydrogens (primary N) is 1. The Labute approximate surface area is 80.2 Å². The van der Waals surface area contributed by atoms with E-state index in [1.165, 1.54) is 16.4 Å². The molecule has 0 aromatic carbocycles. The van der Waals surface area contributed by atoms with Crippen molar-refractivity contribution in [2.24, 2.45) is 0 Å². The second-order valence-corrected chi connectivity index (χ2v) is 3.74. The molecule has 0 bridgehead atoms. The fourth-order valence-electron chi connectivity index (χ4n) is 1.09. The zero-order valence-corrected chi connectivity index (χ0v) is 8.08. The lowest BCUT2D eigenvalue weighted by Gasteiger charge is -2.00. The highest BCUT2D eigenvalue weighted by Crippen LogP contribution is 2.12. The summed E-state index contributed by atoms with van der Waals surface area (Å²) in [5, 5.41) is 4.16. The smallest absolute Gasteiger partial charge is 0.0772 e. The molecule has 5 heteroatoms. The highest BCUT2D eigenvalue weighted by molar-refractivity contribution is 7.05. The molecule has 2 heterocycles. The van der Waals surface area contributed by atoms with Gasteiger partial charge < -0.3 is 5.73 Å². The molecule has 0 spiro atoms. The van der Waals surface area contributed by atoms with E-state index in [2.05, 4.69) is 9.47 Å². The summed E-state index contributed by atoms with van der Waals surface area (Å²) in [4.78, 5) is 1.19. The molecule has 2 aromatic heterocycles. The molecular formula is C8H10N4S. The average molecular weight is 194 g/mol. The van der Waals surface area contributed by atoms with E-state index in [4.69, 9.17) is 5.73 Å². The lowest BCUT2D eigenvalue weighted by atomic mass is 10.4. The molecule has 0 aliphatic carbocycles. The number of aromatic nitrogens is 3. The van der Waals surface area contributed by atoms with Crippen LogP contribution < -0.4 is 5.73 Å². The van der Waals surface area contributed by atoms with Crippen molar-refractivity contribution in [2.75, 3.05) is 5.73 Å². The maximum absolute atomic E-state index is 5.67. The monoisotopic (exact) mass is 194 g/mol. The topological polar surface area (TPSA) is 56.7 Å². The van der Waals surface area contributed by atoms with Crippen molar-refractivity contribution in [3.63, 3.8) is 0 Å². The first-order valence-corrected chi connectivity index (χ1v) is 4.72. The Kier molecular flexibility index (Phi) is 2.02. The number of rotatable bonds is 2. The highest BCUT2D eigenvalue weighted by atomic mass is 32.1. The van der Waals surface area contributed by atoms with Crippen molar-refractivity contribution in [3.8, 4) is 0 Å². The van der Waals surface area contributed by atoms with Crippen LogP contribution in [0, 0.1) is 6.92 Å². The molecule has 0 radical (unpaired) electrons. The summed E-state index contributed by atoms with van der Waals surface area (Å²) in [7, 11) is 0. The first-order chi connectivity index (χ1) is 6.27. The van der Waals surface area contributed by atoms with Crippen LogP contribution >= 0.6 is 11.5 Å². The summed E-state index contributed by atoms with van der Waals surface area (Å²) in [5.74, 6) is 0. The van der Waals surface area contributed by atoms with Crippen molar-refractivity contribution in [1.82, 2.24) is 14.2 Å². The van der Waals surface area contributed by atoms with Crippen LogP contribution in [0.3, 0.4) is 0 Å². The number of hydrogen-bond acceptors (Lipinski definition) is 4. The van der Waals surface area contributed by atoms with Gasteiger partial charge in [0, 0.05) is 11.1 Å². The molecule has 2 aromatic rings. The minimum absolute atomic E-state index is 0.740. The Morgan fingerprint density at radius 3 is 3.00 bits per heavy atom. The van der Waals surface area contributed by atoms with E-state index in [9.17, 15) is 0 Å². The molecule has 2 rings (SSSR count). The summed E-state index contributed by atoms with van der Waals surface area (Å²) in [6, 6.07) is 1.99. The maximum atomic E-state index is 5.67. The zero-order chi connectivity index (χ0) is 9.26. The molecular weight excluding hydrogens is 184 g/mol. The third-order valence-corrected chi connectivity index (χ3v) is 2.66. The van der Waals surface area contributed by atoms with Crippen LogP contribution in [0.1, 0.15) is 10.6 Å². The molecule has 0 fully saturated rings. The maximum Gasteiger partial charge on any atom is 0.0772 e. The predicted octanol–water partition coefficient (Wildman–Crippen LogP) is 1.28. The summed E-state index contributed by atoms with van der Waals surface area (Å²) in [6.07, 6.45) is 3.47. The van der Waals surface area contributed by atoms with Gasteiger partial charge in [0.25, 0.3) is 0 Å². The van der Waals surface area contributed by atoms with Gasteiger partial charge in [-0.2, -0.15) is 5.10 Å². The molecule has 13 heavy (non-hydrogen) atoms. The lowest BCUT2D eigenvalue weighted by molar-refractivity contribution is 0.673. The molecule has 0 aliphatic rings. The molecule has 0 saturated carbocycles. The van der Waals surface area contributed by atoms with Gasteiger partial charge >= 0.3 is 0 Å². The third kappa shape index (κ3) is 1.55. The van der Waals surface area contributed by atoms with Crippen molar-refractivity contribution in [3.05, 3.63) is 29.0 Å². The Hall–Kier alpha value is -1.36. The largest absolute Gasteiger partial charge is 0.396 e. The Morgan fingerprint density at radius 2 is 2.46 bits per heavy atom. The van der Waals surface area contributed by atoms with Gasteiger partial charge in [-0.15, -0.1) is 0 Å². The summed E-state index contributed by atoms with van der Waals surface area (Å²) < 4.78 is 5.90. The van der Waals surface area contributed by atoms with Gasteiger partial charge in [0.15, 0.2) is 0 Å². The molecule has 0 atom stereocenters. The van der Waals surface area contributed by atoms with E-state index in [-0.39, 0.29) is 0 Å². The fourth-order valence-corrected chi connectivity index (χ4v) is 1.65. The minimum Gasteiger partial charge on any atom is -0.396 e. The quantitative estimate of drug-likeness (QED) is 0.783. The van der Waals surface area contributed by atoms with E-state index < -0.39 is 0 Å². The molecule has 0 unspecified atom stereocenters. The van der Waals surface area contributed by atoms with Gasteiger partial charge in [0.1, 0.15) is 0 Å². The van der Waals surface area contributed by atoms with E-state index in [1.807, 2.05) is 17.7 Å². The predicted molar refractivity (Wildman–Crippen MR) is 52.6 cm³/mol. The number of hydrogen-bond donors (Lipinski definition) is 1. The minimum atomic E-state index is 0.740. The van der Waals surface area contributed by atoms with Crippen LogP contribution in [-0.2, 0) is 6.54 Å². The van der Waals surface area contributed by atoms with E-state index >= 15 is 0 Å². The fraction of sp³-hybridized carbons (Fsp3) is 0.250. The highest BCUT2D eigenvalue weighted by Gasteiger charge is 2.03. The van der Waals surface area contributed by atoms with Crippen LogP contribution in [-0.4, -0.2) is 14.2 Å². The molecule has 0 aliphatic heterocycles. The number of anilines is 1. The first kappa shape index (κ1) is 8.25. The normalized spacial score (nSPS) is 10.5. The van der Waals surface area contributed by atoms with Gasteiger partial charge in [0.2, 0.25) is 0 Å². The van der Waals surface area contributed by atoms with Gasteiger partial charge in [-0.05, 0) is 24.5 Å². The van der Waals surface area contributed by atoms with Gasteiger partial charge in [-0.1, -0.05) is 0 Å². The molecule has 2 N–H and O–H groups in total. The SMILES string of the molecule is Cc1c(N)cnn1Cc1ccns1. The molecule has 68 valence electrons. The van der Waals surface area contributed by atoms with Crippen LogP contribution in [0.25, 0.3) is 0 Å². The Balaban J connectivity index is 2.24. The summed E-state index contributed by atoms with van der Waals surface area (Å²) in [6.45, 7) is 2.72. The van der Waals surface area contributed by atoms with Gasteiger partial charge in [-0.3, -0.25) is 4.68 Å². The van der Waals surface area contributed by atoms with Crippen molar-refractivity contribution in [1.29, 1.82) is 0 Å². The zero-order valence-electron chi connectivity index (χ0n) is 7.27. The standard InChI is InChI=1S/C8H10N4S/c1-6-8(9)4-10-12(6)5-7-2-3-11-13-7/h2-4H,5,9H2,1H3. The lowest BCUT2D eigenvalue weighted by Crippen LogP contribution is -2.02. The number of nitrogen functional groups attached to an aromatic ring is 1. The van der Waals surface area contributed by atoms with Crippen LogP contribution in [0.2, 0.25) is 0 Å². The summed E-state index contributed by atoms with van der Waals surface area (Å²) in [5.41, 5.74) is 7.42. The number of nitrogens with zero attached hydrogens (tertiary/aromatic N) is 3. The first-order valence-electron chi connectivity index (χ1n) is 3.95. The summed E-state index contributed by atoms with van der Waals surface area (Å²) >= 11 is 1.48. The molecule has 4 nitrogen and oxygen atoms in total. The Morgan fingerprint density at radius 1 is 1.62 bits per heavy atom. The van der Waals surface area contributed by atoms with Crippen molar-refractivity contribution < 1.29 is 0 Å². The Bertz CT molecular complexity index is 390. The van der Waals surface area contributed by atoms with Gasteiger partial charge in [-0.25, -0.2) is 4.37 Å². The average Bonchev–Trinajstić information content (AvgIpc) is 2.71.